The molecule has 2 fully saturated rings. The molecule has 2 N–H and O–H groups in total. The molecule has 3 aliphatic rings. The van der Waals surface area contributed by atoms with Crippen LogP contribution in [0.2, 0.25) is 0 Å². The molecule has 0 radical (unpaired) electrons. The number of aryl methyl sites for hydroxylation is 1. The maximum Gasteiger partial charge on any atom is 0.253 e. The predicted molar refractivity (Wildman–Crippen MR) is 129 cm³/mol. The van der Waals surface area contributed by atoms with E-state index in [9.17, 15) is 18.0 Å². The Morgan fingerprint density at radius 2 is 1.91 bits per heavy atom. The molecular weight excluding hydrogens is 440 g/mol. The average Bonchev–Trinajstić information content (AvgIpc) is 3.09. The number of carbonyl (C=O) groups excluding carboxylic acids is 2. The smallest absolute Gasteiger partial charge is 0.253 e. The zero-order valence-electron chi connectivity index (χ0n) is 19.3. The van der Waals surface area contributed by atoms with Gasteiger partial charge in [0.25, 0.3) is 5.91 Å². The second-order valence-corrected chi connectivity index (χ2v) is 11.1. The number of rotatable bonds is 5. The molecule has 2 amide bonds. The molecule has 0 unspecified atom stereocenters. The van der Waals surface area contributed by atoms with E-state index in [0.29, 0.717) is 30.0 Å². The van der Waals surface area contributed by atoms with Crippen LogP contribution >= 0.6 is 0 Å². The summed E-state index contributed by atoms with van der Waals surface area (Å²) in [4.78, 5) is 29.1. The molecule has 1 aromatic carbocycles. The van der Waals surface area contributed by atoms with Crippen LogP contribution in [0.4, 0.5) is 5.69 Å². The van der Waals surface area contributed by atoms with E-state index >= 15 is 0 Å². The third kappa shape index (κ3) is 5.04. The summed E-state index contributed by atoms with van der Waals surface area (Å²) in [7, 11) is -3.68. The van der Waals surface area contributed by atoms with Crippen molar-refractivity contribution in [2.45, 2.75) is 64.3 Å². The number of hydrogen-bond acceptors (Lipinski definition) is 5. The predicted octanol–water partition coefficient (Wildman–Crippen LogP) is 3.20. The zero-order chi connectivity index (χ0) is 23.6. The van der Waals surface area contributed by atoms with Gasteiger partial charge in [0.2, 0.25) is 15.9 Å². The maximum absolute atomic E-state index is 13.0. The molecule has 1 spiro atoms. The van der Waals surface area contributed by atoms with Crippen molar-refractivity contribution in [2.75, 3.05) is 18.4 Å². The fourth-order valence-electron chi connectivity index (χ4n) is 5.00. The Hall–Kier alpha value is -2.52. The molecule has 0 aromatic heterocycles. The number of sulfonamides is 1. The van der Waals surface area contributed by atoms with Crippen LogP contribution in [0.1, 0.15) is 63.0 Å². The number of piperidine rings is 1. The Labute approximate surface area is 195 Å². The van der Waals surface area contributed by atoms with Gasteiger partial charge in [-0.2, -0.15) is 4.31 Å². The van der Waals surface area contributed by atoms with E-state index in [-0.39, 0.29) is 24.9 Å². The second-order valence-electron chi connectivity index (χ2n) is 9.28. The minimum absolute atomic E-state index is 0.0875. The molecule has 178 valence electrons. The highest BCUT2D eigenvalue weighted by Crippen LogP contribution is 2.35. The van der Waals surface area contributed by atoms with Crippen LogP contribution in [0.25, 0.3) is 6.08 Å². The Bertz CT molecular complexity index is 1100. The lowest BCUT2D eigenvalue weighted by atomic mass is 9.88. The minimum Gasteiger partial charge on any atom is -0.326 e. The van der Waals surface area contributed by atoms with Gasteiger partial charge in [0.1, 0.15) is 11.4 Å². The fourth-order valence-corrected chi connectivity index (χ4v) is 6.17. The molecule has 1 saturated heterocycles. The van der Waals surface area contributed by atoms with Gasteiger partial charge in [-0.25, -0.2) is 8.42 Å². The molecule has 1 saturated carbocycles. The summed E-state index contributed by atoms with van der Waals surface area (Å²) in [6.45, 7) is 3.77. The minimum atomic E-state index is -3.68. The number of anilines is 1. The van der Waals surface area contributed by atoms with Crippen LogP contribution < -0.4 is 10.6 Å². The summed E-state index contributed by atoms with van der Waals surface area (Å²) in [5.41, 5.74) is 1.25. The van der Waals surface area contributed by atoms with Gasteiger partial charge in [-0.05, 0) is 50.3 Å². The van der Waals surface area contributed by atoms with Crippen LogP contribution in [-0.4, -0.2) is 49.0 Å². The van der Waals surface area contributed by atoms with Crippen molar-refractivity contribution in [3.63, 3.8) is 0 Å². The molecule has 0 bridgehead atoms. The van der Waals surface area contributed by atoms with E-state index < -0.39 is 15.6 Å². The fraction of sp³-hybridized carbons (Fsp3) is 0.542. The normalized spacial score (nSPS) is 21.9. The summed E-state index contributed by atoms with van der Waals surface area (Å²) in [6, 6.07) is 5.42. The van der Waals surface area contributed by atoms with E-state index in [1.54, 1.807) is 6.07 Å². The van der Waals surface area contributed by atoms with Crippen molar-refractivity contribution in [3.05, 3.63) is 34.7 Å². The second kappa shape index (κ2) is 9.38. The van der Waals surface area contributed by atoms with Crippen molar-refractivity contribution in [1.29, 1.82) is 0 Å². The topological polar surface area (TPSA) is 108 Å². The molecular formula is C24H32N4O4S. The lowest BCUT2D eigenvalue weighted by Gasteiger charge is -2.34. The van der Waals surface area contributed by atoms with Gasteiger partial charge >= 0.3 is 0 Å². The van der Waals surface area contributed by atoms with Crippen molar-refractivity contribution < 1.29 is 18.0 Å². The van der Waals surface area contributed by atoms with Gasteiger partial charge in [-0.3, -0.25) is 14.6 Å². The highest BCUT2D eigenvalue weighted by Gasteiger charge is 2.48. The first kappa shape index (κ1) is 23.6. The number of amidine groups is 1. The number of benzene rings is 1. The third-order valence-electron chi connectivity index (χ3n) is 6.94. The molecule has 1 aliphatic carbocycles. The number of nitrogens with one attached hydrogen (secondary N) is 2. The standard InChI is InChI=1S/C24H32N4O4S/c1-17-7-6-10-21(25-18(2)29)20(17)11-16-33(31,32)28-14-12-24(13-15-28)23(30)26-22(27-24)19-8-4-3-5-9-19/h6-7,10-11,16,19H,3-5,8-9,12-15H2,1-2H3,(H,25,29)(H,26,27,30)/b16-11+. The lowest BCUT2D eigenvalue weighted by molar-refractivity contribution is -0.125. The first-order valence-corrected chi connectivity index (χ1v) is 13.2. The molecule has 1 aromatic rings. The van der Waals surface area contributed by atoms with Crippen LogP contribution in [0.15, 0.2) is 28.6 Å². The number of hydrogen-bond donors (Lipinski definition) is 2. The Balaban J connectivity index is 1.46. The van der Waals surface area contributed by atoms with E-state index in [0.717, 1.165) is 37.1 Å². The molecule has 0 atom stereocenters. The van der Waals surface area contributed by atoms with Crippen LogP contribution in [0.5, 0.6) is 0 Å². The Kier molecular flexibility index (Phi) is 6.72. The molecule has 33 heavy (non-hydrogen) atoms. The zero-order valence-corrected chi connectivity index (χ0v) is 20.1. The Morgan fingerprint density at radius 3 is 2.58 bits per heavy atom. The van der Waals surface area contributed by atoms with Gasteiger partial charge in [0.15, 0.2) is 0 Å². The molecule has 8 nitrogen and oxygen atoms in total. The Morgan fingerprint density at radius 1 is 1.21 bits per heavy atom. The summed E-state index contributed by atoms with van der Waals surface area (Å²) in [5.74, 6) is 0.817. The van der Waals surface area contributed by atoms with Crippen molar-refractivity contribution in [2.24, 2.45) is 10.9 Å². The molecule has 2 heterocycles. The summed E-state index contributed by atoms with van der Waals surface area (Å²) < 4.78 is 27.4. The van der Waals surface area contributed by atoms with Crippen molar-refractivity contribution in [1.82, 2.24) is 9.62 Å². The monoisotopic (exact) mass is 472 g/mol. The van der Waals surface area contributed by atoms with Gasteiger partial charge < -0.3 is 10.6 Å². The van der Waals surface area contributed by atoms with Crippen LogP contribution in [-0.2, 0) is 19.6 Å². The summed E-state index contributed by atoms with van der Waals surface area (Å²) in [5, 5.41) is 6.93. The number of amides is 2. The summed E-state index contributed by atoms with van der Waals surface area (Å²) in [6.07, 6.45) is 7.96. The first-order valence-electron chi connectivity index (χ1n) is 11.7. The number of nitrogens with zero attached hydrogens (tertiary/aromatic N) is 2. The van der Waals surface area contributed by atoms with E-state index in [1.807, 2.05) is 19.1 Å². The third-order valence-corrected chi connectivity index (χ3v) is 8.51. The molecule has 9 heteroatoms. The SMILES string of the molecule is CC(=O)Nc1cccc(C)c1/C=C/S(=O)(=O)N1CCC2(CC1)N=C(C1CCCCC1)NC2=O. The maximum atomic E-state index is 13.0. The van der Waals surface area contributed by atoms with Crippen LogP contribution in [0, 0.1) is 12.8 Å². The first-order chi connectivity index (χ1) is 15.7. The van der Waals surface area contributed by atoms with E-state index in [4.69, 9.17) is 4.99 Å². The molecule has 2 aliphatic heterocycles. The van der Waals surface area contributed by atoms with Crippen LogP contribution in [0.3, 0.4) is 0 Å². The highest BCUT2D eigenvalue weighted by molar-refractivity contribution is 7.92. The van der Waals surface area contributed by atoms with Crippen molar-refractivity contribution >= 4 is 39.4 Å². The largest absolute Gasteiger partial charge is 0.326 e. The number of carbonyl (C=O) groups is 2. The van der Waals surface area contributed by atoms with Crippen molar-refractivity contribution in [3.8, 4) is 0 Å². The highest BCUT2D eigenvalue weighted by atomic mass is 32.2. The quantitative estimate of drug-likeness (QED) is 0.686. The molecule has 4 rings (SSSR count). The number of aliphatic imine (C=N–C) groups is 1. The average molecular weight is 473 g/mol. The van der Waals surface area contributed by atoms with E-state index in [1.165, 1.54) is 29.1 Å². The van der Waals surface area contributed by atoms with Gasteiger partial charge in [-0.1, -0.05) is 31.4 Å². The lowest BCUT2D eigenvalue weighted by Crippen LogP contribution is -2.50. The van der Waals surface area contributed by atoms with Gasteiger partial charge in [-0.15, -0.1) is 0 Å². The van der Waals surface area contributed by atoms with E-state index in [2.05, 4.69) is 10.6 Å². The van der Waals surface area contributed by atoms with Gasteiger partial charge in [0, 0.05) is 42.6 Å². The summed E-state index contributed by atoms with van der Waals surface area (Å²) >= 11 is 0. The van der Waals surface area contributed by atoms with Gasteiger partial charge in [0.05, 0.1) is 0 Å².